The molecule has 142 valence electrons. The molecule has 0 saturated carbocycles. The van der Waals surface area contributed by atoms with Crippen molar-refractivity contribution in [3.8, 4) is 17.3 Å². The maximum Gasteiger partial charge on any atom is 0.269 e. The smallest absolute Gasteiger partial charge is 0.269 e. The second-order valence-corrected chi connectivity index (χ2v) is 6.57. The number of Topliss-reactive ketones (excluding diaryl/α,β-unsaturated/α-hetero) is 1. The van der Waals surface area contributed by atoms with Crippen LogP contribution >= 0.6 is 11.6 Å². The summed E-state index contributed by atoms with van der Waals surface area (Å²) in [6, 6.07) is 8.73. The Labute approximate surface area is 167 Å². The number of benzene rings is 1. The van der Waals surface area contributed by atoms with E-state index in [1.54, 1.807) is 30.5 Å². The number of amides is 1. The number of rotatable bonds is 6. The predicted molar refractivity (Wildman–Crippen MR) is 103 cm³/mol. The molecule has 1 atom stereocenters. The highest BCUT2D eigenvalue weighted by molar-refractivity contribution is 6.32. The minimum absolute atomic E-state index is 0.0798. The van der Waals surface area contributed by atoms with Crippen LogP contribution in [0.15, 0.2) is 36.5 Å². The van der Waals surface area contributed by atoms with Crippen molar-refractivity contribution in [1.29, 1.82) is 5.26 Å². The second-order valence-electron chi connectivity index (χ2n) is 6.16. The van der Waals surface area contributed by atoms with E-state index in [1.807, 2.05) is 6.07 Å². The van der Waals surface area contributed by atoms with Crippen molar-refractivity contribution in [2.24, 2.45) is 0 Å². The molecule has 8 nitrogen and oxygen atoms in total. The fourth-order valence-corrected chi connectivity index (χ4v) is 2.75. The second kappa shape index (κ2) is 8.06. The monoisotopic (exact) mass is 397 g/mol. The predicted octanol–water partition coefficient (Wildman–Crippen LogP) is 2.82. The fraction of sp³-hybridized carbons (Fsp3) is 0.211. The summed E-state index contributed by atoms with van der Waals surface area (Å²) < 4.78 is 9.91. The molecule has 0 radical (unpaired) electrons. The molecule has 0 aliphatic rings. The first-order chi connectivity index (χ1) is 13.7. The average molecular weight is 398 g/mol. The van der Waals surface area contributed by atoms with Crippen LogP contribution in [0.5, 0.6) is 0 Å². The zero-order valence-electron chi connectivity index (χ0n) is 16.2. The molecule has 0 bridgehead atoms. The van der Waals surface area contributed by atoms with Crippen molar-refractivity contribution in [2.75, 3.05) is 0 Å². The first-order valence-electron chi connectivity index (χ1n) is 8.81. The molecule has 1 amide bonds. The molecule has 0 saturated heterocycles. The lowest BCUT2D eigenvalue weighted by Gasteiger charge is -2.13. The Morgan fingerprint density at radius 1 is 1.43 bits per heavy atom. The van der Waals surface area contributed by atoms with Crippen LogP contribution < -0.4 is 5.32 Å². The van der Waals surface area contributed by atoms with Crippen molar-refractivity contribution in [1.82, 2.24) is 25.3 Å². The summed E-state index contributed by atoms with van der Waals surface area (Å²) in [4.78, 5) is 23.6. The van der Waals surface area contributed by atoms with Gasteiger partial charge in [-0.25, -0.2) is 0 Å². The van der Waals surface area contributed by atoms with Crippen LogP contribution in [0, 0.1) is 11.3 Å². The number of halogens is 1. The number of aromatic amines is 1. The lowest BCUT2D eigenvalue weighted by atomic mass is 10.1. The Morgan fingerprint density at radius 3 is 2.86 bits per heavy atom. The minimum atomic E-state index is -1.37. The van der Waals surface area contributed by atoms with Gasteiger partial charge in [-0.1, -0.05) is 17.7 Å². The lowest BCUT2D eigenvalue weighted by molar-refractivity contribution is 0.0930. The molecule has 0 aliphatic carbocycles. The van der Waals surface area contributed by atoms with Crippen molar-refractivity contribution in [3.05, 3.63) is 58.5 Å². The lowest BCUT2D eigenvalue weighted by Crippen LogP contribution is -2.36. The van der Waals surface area contributed by atoms with Crippen LogP contribution in [0.2, 0.25) is 5.02 Å². The number of aromatic nitrogens is 4. The molecule has 2 N–H and O–H groups in total. The number of carbonyl (C=O) groups is 2. The van der Waals surface area contributed by atoms with Crippen LogP contribution in [0.4, 0.5) is 0 Å². The van der Waals surface area contributed by atoms with Gasteiger partial charge in [-0.05, 0) is 31.2 Å². The van der Waals surface area contributed by atoms with Gasteiger partial charge in [0.25, 0.3) is 5.91 Å². The summed E-state index contributed by atoms with van der Waals surface area (Å²) in [5.74, 6) is -0.810. The molecule has 0 unspecified atom stereocenters. The van der Waals surface area contributed by atoms with Gasteiger partial charge >= 0.3 is 0 Å². The van der Waals surface area contributed by atoms with Crippen LogP contribution in [0.1, 0.15) is 41.8 Å². The summed E-state index contributed by atoms with van der Waals surface area (Å²) in [5, 5.41) is 22.5. The number of hydrogen-bond acceptors (Lipinski definition) is 5. The van der Waals surface area contributed by atoms with Crippen molar-refractivity contribution in [2.45, 2.75) is 26.4 Å². The van der Waals surface area contributed by atoms with Gasteiger partial charge in [0, 0.05) is 24.7 Å². The maximum atomic E-state index is 12.3. The van der Waals surface area contributed by atoms with E-state index < -0.39 is 11.9 Å². The Balaban J connectivity index is 1.70. The van der Waals surface area contributed by atoms with Gasteiger partial charge in [0.05, 0.1) is 24.2 Å². The van der Waals surface area contributed by atoms with Gasteiger partial charge < -0.3 is 5.32 Å². The topological polar surface area (TPSA) is 116 Å². The molecule has 1 aromatic carbocycles. The van der Waals surface area contributed by atoms with Gasteiger partial charge in [0.2, 0.25) is 0 Å². The third-order valence-electron chi connectivity index (χ3n) is 3.94. The average Bonchev–Trinajstić information content (AvgIpc) is 3.30. The Morgan fingerprint density at radius 2 is 2.21 bits per heavy atom. The zero-order chi connectivity index (χ0) is 21.2. The molecule has 9 heteroatoms. The van der Waals surface area contributed by atoms with E-state index in [1.165, 1.54) is 24.6 Å². The summed E-state index contributed by atoms with van der Waals surface area (Å²) >= 11 is 6.07. The molecule has 2 aromatic heterocycles. The minimum Gasteiger partial charge on any atom is -0.346 e. The SMILES string of the molecule is [2H][C@@](C)(Cn1ccc(-c2ccc(C#N)c(Cl)c2)n1)NC(=O)c1cc(C(C)=O)n[nH]1. The number of nitriles is 1. The first kappa shape index (κ1) is 17.9. The van der Waals surface area contributed by atoms with E-state index in [4.69, 9.17) is 18.2 Å². The van der Waals surface area contributed by atoms with Gasteiger partial charge in [-0.15, -0.1) is 0 Å². The molecule has 2 heterocycles. The standard InChI is InChI=1S/C19H17ClN6O2/c1-11(22-19(28)18-8-17(12(2)27)23-24-18)10-26-6-5-16(25-26)13-3-4-14(9-21)15(20)7-13/h3-8,11H,10H2,1-2H3,(H,22,28)(H,23,24)/t11-/m1/s1/i11D. The molecule has 0 spiro atoms. The number of H-pyrrole nitrogens is 1. The molecular formula is C19H17ClN6O2. The third-order valence-corrected chi connectivity index (χ3v) is 4.25. The molecule has 0 fully saturated rings. The van der Waals surface area contributed by atoms with Gasteiger partial charge in [0.15, 0.2) is 5.78 Å². The fourth-order valence-electron chi connectivity index (χ4n) is 2.53. The quantitative estimate of drug-likeness (QED) is 0.620. The van der Waals surface area contributed by atoms with E-state index in [2.05, 4.69) is 20.6 Å². The number of nitrogens with zero attached hydrogens (tertiary/aromatic N) is 4. The summed E-state index contributed by atoms with van der Waals surface area (Å²) in [6.45, 7) is 2.96. The summed E-state index contributed by atoms with van der Waals surface area (Å²) in [5.41, 5.74) is 1.99. The number of hydrogen-bond donors (Lipinski definition) is 2. The summed E-state index contributed by atoms with van der Waals surface area (Å²) in [7, 11) is 0. The molecule has 3 rings (SSSR count). The van der Waals surface area contributed by atoms with Crippen molar-refractivity contribution in [3.63, 3.8) is 0 Å². The van der Waals surface area contributed by atoms with Gasteiger partial charge in [-0.2, -0.15) is 15.5 Å². The Kier molecular flexibility index (Phi) is 5.17. The van der Waals surface area contributed by atoms with Crippen LogP contribution in [-0.4, -0.2) is 37.7 Å². The highest BCUT2D eigenvalue weighted by atomic mass is 35.5. The maximum absolute atomic E-state index is 12.3. The third kappa shape index (κ3) is 4.27. The molecule has 0 aliphatic heterocycles. The van der Waals surface area contributed by atoms with Gasteiger partial charge in [0.1, 0.15) is 17.5 Å². The highest BCUT2D eigenvalue weighted by Gasteiger charge is 2.15. The van der Waals surface area contributed by atoms with E-state index in [0.717, 1.165) is 5.56 Å². The van der Waals surface area contributed by atoms with Gasteiger partial charge in [-0.3, -0.25) is 19.4 Å². The number of carbonyl (C=O) groups excluding carboxylic acids is 2. The van der Waals surface area contributed by atoms with Crippen LogP contribution in [-0.2, 0) is 6.54 Å². The van der Waals surface area contributed by atoms with Crippen molar-refractivity contribution >= 4 is 23.3 Å². The Hall–Kier alpha value is -3.44. The van der Waals surface area contributed by atoms with E-state index in [-0.39, 0.29) is 23.7 Å². The highest BCUT2D eigenvalue weighted by Crippen LogP contribution is 2.24. The van der Waals surface area contributed by atoms with E-state index >= 15 is 0 Å². The van der Waals surface area contributed by atoms with Crippen molar-refractivity contribution < 1.29 is 11.0 Å². The molecule has 28 heavy (non-hydrogen) atoms. The Bertz CT molecular complexity index is 1130. The van der Waals surface area contributed by atoms with Crippen LogP contribution in [0.3, 0.4) is 0 Å². The number of ketones is 1. The van der Waals surface area contributed by atoms with Crippen LogP contribution in [0.25, 0.3) is 11.3 Å². The van der Waals surface area contributed by atoms with E-state index in [9.17, 15) is 9.59 Å². The molecular weight excluding hydrogens is 380 g/mol. The number of nitrogens with one attached hydrogen (secondary N) is 2. The first-order valence-corrected chi connectivity index (χ1v) is 8.68. The molecule has 3 aromatic rings. The largest absolute Gasteiger partial charge is 0.346 e. The van der Waals surface area contributed by atoms with E-state index in [0.29, 0.717) is 16.3 Å². The normalized spacial score (nSPS) is 13.3. The summed E-state index contributed by atoms with van der Waals surface area (Å²) in [6.07, 6.45) is 1.68. The zero-order valence-corrected chi connectivity index (χ0v) is 15.9.